The summed E-state index contributed by atoms with van der Waals surface area (Å²) < 4.78 is 0. The van der Waals surface area contributed by atoms with Crippen molar-refractivity contribution in [2.45, 2.75) is 33.6 Å². The van der Waals surface area contributed by atoms with Crippen LogP contribution in [-0.4, -0.2) is 0 Å². The van der Waals surface area contributed by atoms with Crippen molar-refractivity contribution >= 4 is 0 Å². The van der Waals surface area contributed by atoms with Crippen LogP contribution in [0, 0.1) is 5.92 Å². The molecule has 0 aliphatic heterocycles. The van der Waals surface area contributed by atoms with Gasteiger partial charge >= 0.3 is 0 Å². The molecule has 0 radical (unpaired) electrons. The van der Waals surface area contributed by atoms with Crippen molar-refractivity contribution < 1.29 is 0 Å². The fourth-order valence-corrected chi connectivity index (χ4v) is 1.65. The molecule has 0 fully saturated rings. The molecule has 14 heavy (non-hydrogen) atoms. The van der Waals surface area contributed by atoms with Gasteiger partial charge in [-0.3, -0.25) is 0 Å². The Morgan fingerprint density at radius 2 is 1.86 bits per heavy atom. The molecule has 1 aromatic carbocycles. The maximum atomic E-state index is 2.38. The molecular weight excluding hydrogens is 168 g/mol. The predicted molar refractivity (Wildman–Crippen MR) is 63.4 cm³/mol. The molecule has 0 N–H and O–H groups in total. The summed E-state index contributed by atoms with van der Waals surface area (Å²) in [6, 6.07) is 10.6. The third-order valence-corrected chi connectivity index (χ3v) is 2.59. The highest BCUT2D eigenvalue weighted by Crippen LogP contribution is 2.14. The maximum Gasteiger partial charge on any atom is -0.00947 e. The zero-order valence-corrected chi connectivity index (χ0v) is 9.46. The first-order chi connectivity index (χ1) is 6.74. The lowest BCUT2D eigenvalue weighted by atomic mass is 9.98. The third-order valence-electron chi connectivity index (χ3n) is 2.59. The number of hydrogen-bond acceptors (Lipinski definition) is 0. The van der Waals surface area contributed by atoms with Crippen molar-refractivity contribution in [2.75, 3.05) is 0 Å². The lowest BCUT2D eigenvalue weighted by molar-refractivity contribution is 0.727. The largest absolute Gasteiger partial charge is 0.0807 e. The molecule has 0 amide bonds. The minimum absolute atomic E-state index is 0.684. The van der Waals surface area contributed by atoms with Crippen molar-refractivity contribution in [3.8, 4) is 0 Å². The van der Waals surface area contributed by atoms with Gasteiger partial charge < -0.3 is 0 Å². The second-order valence-corrected chi connectivity index (χ2v) is 3.98. The van der Waals surface area contributed by atoms with Crippen LogP contribution in [0.15, 0.2) is 42.0 Å². The van der Waals surface area contributed by atoms with E-state index in [-0.39, 0.29) is 0 Å². The molecule has 0 bridgehead atoms. The summed E-state index contributed by atoms with van der Waals surface area (Å²) in [7, 11) is 0. The maximum absolute atomic E-state index is 2.38. The molecule has 76 valence electrons. The Morgan fingerprint density at radius 1 is 1.21 bits per heavy atom. The zero-order chi connectivity index (χ0) is 10.4. The lowest BCUT2D eigenvalue weighted by Crippen LogP contribution is -1.93. The van der Waals surface area contributed by atoms with Crippen LogP contribution in [0.2, 0.25) is 0 Å². The molecule has 0 heteroatoms. The van der Waals surface area contributed by atoms with Gasteiger partial charge in [-0.05, 0) is 24.3 Å². The SMILES string of the molecule is CCC(=CCc1ccccc1)C(C)C. The predicted octanol–water partition coefficient (Wildman–Crippen LogP) is 4.22. The van der Waals surface area contributed by atoms with Crippen LogP contribution in [0.5, 0.6) is 0 Å². The van der Waals surface area contributed by atoms with Crippen LogP contribution in [0.25, 0.3) is 0 Å². The molecule has 0 saturated heterocycles. The van der Waals surface area contributed by atoms with Gasteiger partial charge in [-0.2, -0.15) is 0 Å². The summed E-state index contributed by atoms with van der Waals surface area (Å²) in [4.78, 5) is 0. The first kappa shape index (κ1) is 11.0. The fourth-order valence-electron chi connectivity index (χ4n) is 1.65. The molecule has 1 aromatic rings. The Kier molecular flexibility index (Phi) is 4.45. The Bertz CT molecular complexity index is 280. The van der Waals surface area contributed by atoms with E-state index in [1.165, 1.54) is 12.0 Å². The Labute approximate surface area is 87.7 Å². The van der Waals surface area contributed by atoms with E-state index in [2.05, 4.69) is 57.2 Å². The van der Waals surface area contributed by atoms with Gasteiger partial charge in [0.2, 0.25) is 0 Å². The zero-order valence-electron chi connectivity index (χ0n) is 9.46. The number of allylic oxidation sites excluding steroid dienone is 2. The first-order valence-electron chi connectivity index (χ1n) is 5.47. The highest BCUT2D eigenvalue weighted by Gasteiger charge is 1.99. The fraction of sp³-hybridized carbons (Fsp3) is 0.429. The molecule has 0 aliphatic rings. The van der Waals surface area contributed by atoms with Gasteiger partial charge in [-0.1, -0.05) is 62.8 Å². The van der Waals surface area contributed by atoms with Gasteiger partial charge in [0.1, 0.15) is 0 Å². The summed E-state index contributed by atoms with van der Waals surface area (Å²) in [5, 5.41) is 0. The normalized spacial score (nSPS) is 12.1. The van der Waals surface area contributed by atoms with Crippen LogP contribution in [-0.2, 0) is 6.42 Å². The second-order valence-electron chi connectivity index (χ2n) is 3.98. The Morgan fingerprint density at radius 3 is 2.36 bits per heavy atom. The highest BCUT2D eigenvalue weighted by molar-refractivity contribution is 5.19. The second kappa shape index (κ2) is 5.64. The van der Waals surface area contributed by atoms with E-state index in [0.29, 0.717) is 5.92 Å². The van der Waals surface area contributed by atoms with Crippen molar-refractivity contribution in [3.63, 3.8) is 0 Å². The van der Waals surface area contributed by atoms with Gasteiger partial charge in [0, 0.05) is 0 Å². The molecule has 0 saturated carbocycles. The average Bonchev–Trinajstić information content (AvgIpc) is 2.20. The van der Waals surface area contributed by atoms with Crippen LogP contribution >= 0.6 is 0 Å². The summed E-state index contributed by atoms with van der Waals surface area (Å²) in [6.07, 6.45) is 4.62. The van der Waals surface area contributed by atoms with E-state index in [0.717, 1.165) is 6.42 Å². The van der Waals surface area contributed by atoms with Crippen LogP contribution < -0.4 is 0 Å². The monoisotopic (exact) mass is 188 g/mol. The van der Waals surface area contributed by atoms with Gasteiger partial charge in [0.25, 0.3) is 0 Å². The lowest BCUT2D eigenvalue weighted by Gasteiger charge is -2.08. The first-order valence-corrected chi connectivity index (χ1v) is 5.47. The van der Waals surface area contributed by atoms with Gasteiger partial charge in [-0.15, -0.1) is 0 Å². The molecular formula is C14H20. The van der Waals surface area contributed by atoms with Crippen molar-refractivity contribution in [1.82, 2.24) is 0 Å². The molecule has 0 spiro atoms. The molecule has 0 aliphatic carbocycles. The molecule has 0 heterocycles. The number of rotatable bonds is 4. The van der Waals surface area contributed by atoms with Crippen LogP contribution in [0.1, 0.15) is 32.8 Å². The minimum Gasteiger partial charge on any atom is -0.0807 e. The summed E-state index contributed by atoms with van der Waals surface area (Å²) in [6.45, 7) is 6.76. The van der Waals surface area contributed by atoms with E-state index in [1.54, 1.807) is 5.57 Å². The van der Waals surface area contributed by atoms with E-state index in [1.807, 2.05) is 0 Å². The topological polar surface area (TPSA) is 0 Å². The molecule has 1 rings (SSSR count). The third kappa shape index (κ3) is 3.37. The van der Waals surface area contributed by atoms with Crippen LogP contribution in [0.3, 0.4) is 0 Å². The van der Waals surface area contributed by atoms with E-state index in [4.69, 9.17) is 0 Å². The van der Waals surface area contributed by atoms with Gasteiger partial charge in [0.15, 0.2) is 0 Å². The quantitative estimate of drug-likeness (QED) is 0.620. The van der Waals surface area contributed by atoms with Crippen molar-refractivity contribution in [2.24, 2.45) is 5.92 Å². The number of hydrogen-bond donors (Lipinski definition) is 0. The van der Waals surface area contributed by atoms with Crippen molar-refractivity contribution in [3.05, 3.63) is 47.5 Å². The summed E-state index contributed by atoms with van der Waals surface area (Å²) in [5.74, 6) is 0.684. The standard InChI is InChI=1S/C14H20/c1-4-14(12(2)3)11-10-13-8-6-5-7-9-13/h5-9,11-12H,4,10H2,1-3H3. The Balaban J connectivity index is 2.62. The Hall–Kier alpha value is -1.04. The van der Waals surface area contributed by atoms with Gasteiger partial charge in [-0.25, -0.2) is 0 Å². The smallest absolute Gasteiger partial charge is 0.00947 e. The van der Waals surface area contributed by atoms with Crippen LogP contribution in [0.4, 0.5) is 0 Å². The molecule has 0 nitrogen and oxygen atoms in total. The molecule has 0 unspecified atom stereocenters. The number of benzene rings is 1. The van der Waals surface area contributed by atoms with E-state index < -0.39 is 0 Å². The highest BCUT2D eigenvalue weighted by atomic mass is 14.0. The summed E-state index contributed by atoms with van der Waals surface area (Å²) >= 11 is 0. The summed E-state index contributed by atoms with van der Waals surface area (Å²) in [5.41, 5.74) is 2.97. The van der Waals surface area contributed by atoms with Gasteiger partial charge in [0.05, 0.1) is 0 Å². The van der Waals surface area contributed by atoms with E-state index >= 15 is 0 Å². The minimum atomic E-state index is 0.684. The average molecular weight is 188 g/mol. The van der Waals surface area contributed by atoms with Crippen molar-refractivity contribution in [1.29, 1.82) is 0 Å². The molecule has 0 atom stereocenters. The molecule has 0 aromatic heterocycles. The van der Waals surface area contributed by atoms with E-state index in [9.17, 15) is 0 Å².